The van der Waals surface area contributed by atoms with E-state index in [1.807, 2.05) is 24.3 Å². The molecule has 2 nitrogen and oxygen atoms in total. The molecule has 1 saturated heterocycles. The van der Waals surface area contributed by atoms with E-state index in [0.29, 0.717) is 5.92 Å². The summed E-state index contributed by atoms with van der Waals surface area (Å²) in [4.78, 5) is 2.39. The summed E-state index contributed by atoms with van der Waals surface area (Å²) in [7, 11) is 2.19. The molecular formula is C18H20BrNO. The van der Waals surface area contributed by atoms with Gasteiger partial charge in [0.25, 0.3) is 0 Å². The number of likely N-dealkylation sites (tertiary alicyclic amines) is 1. The van der Waals surface area contributed by atoms with Crippen LogP contribution >= 0.6 is 15.9 Å². The molecule has 3 rings (SSSR count). The van der Waals surface area contributed by atoms with Crippen LogP contribution in [0.25, 0.3) is 0 Å². The number of ether oxygens (including phenoxy) is 1. The van der Waals surface area contributed by atoms with Crippen molar-refractivity contribution in [2.75, 3.05) is 20.1 Å². The Kier molecular flexibility index (Phi) is 4.61. The quantitative estimate of drug-likeness (QED) is 0.821. The van der Waals surface area contributed by atoms with E-state index >= 15 is 0 Å². The SMILES string of the molecule is CN1CCC(Oc2cccc(Br)c2)C(c2ccccc2)C1. The van der Waals surface area contributed by atoms with Crippen LogP contribution in [0.15, 0.2) is 59.1 Å². The molecule has 1 aliphatic heterocycles. The second kappa shape index (κ2) is 6.63. The molecule has 0 aliphatic carbocycles. The summed E-state index contributed by atoms with van der Waals surface area (Å²) in [6.45, 7) is 2.13. The molecule has 0 spiro atoms. The van der Waals surface area contributed by atoms with Crippen molar-refractivity contribution in [1.29, 1.82) is 0 Å². The molecule has 1 fully saturated rings. The van der Waals surface area contributed by atoms with E-state index in [1.165, 1.54) is 5.56 Å². The third-order valence-electron chi connectivity index (χ3n) is 4.06. The van der Waals surface area contributed by atoms with Gasteiger partial charge in [-0.3, -0.25) is 0 Å². The second-order valence-electron chi connectivity index (χ2n) is 5.68. The van der Waals surface area contributed by atoms with Crippen LogP contribution in [0.4, 0.5) is 0 Å². The Labute approximate surface area is 134 Å². The van der Waals surface area contributed by atoms with Crippen molar-refractivity contribution in [2.24, 2.45) is 0 Å². The highest BCUT2D eigenvalue weighted by Crippen LogP contribution is 2.31. The maximum atomic E-state index is 6.29. The van der Waals surface area contributed by atoms with E-state index < -0.39 is 0 Å². The Hall–Kier alpha value is -1.32. The van der Waals surface area contributed by atoms with Gasteiger partial charge in [0, 0.05) is 23.5 Å². The molecule has 0 aromatic heterocycles. The van der Waals surface area contributed by atoms with Crippen molar-refractivity contribution in [1.82, 2.24) is 4.90 Å². The van der Waals surface area contributed by atoms with Gasteiger partial charge in [0.2, 0.25) is 0 Å². The van der Waals surface area contributed by atoms with Gasteiger partial charge >= 0.3 is 0 Å². The fourth-order valence-electron chi connectivity index (χ4n) is 2.97. The van der Waals surface area contributed by atoms with E-state index in [9.17, 15) is 0 Å². The molecule has 1 heterocycles. The van der Waals surface area contributed by atoms with Crippen LogP contribution in [-0.4, -0.2) is 31.1 Å². The molecule has 1 aliphatic rings. The molecular weight excluding hydrogens is 326 g/mol. The van der Waals surface area contributed by atoms with Crippen molar-refractivity contribution >= 4 is 15.9 Å². The van der Waals surface area contributed by atoms with E-state index in [1.54, 1.807) is 0 Å². The molecule has 2 atom stereocenters. The van der Waals surface area contributed by atoms with Crippen LogP contribution < -0.4 is 4.74 Å². The van der Waals surface area contributed by atoms with Gasteiger partial charge in [-0.05, 0) is 37.2 Å². The van der Waals surface area contributed by atoms with Gasteiger partial charge < -0.3 is 9.64 Å². The first kappa shape index (κ1) is 14.6. The van der Waals surface area contributed by atoms with Gasteiger partial charge in [0.15, 0.2) is 0 Å². The summed E-state index contributed by atoms with van der Waals surface area (Å²) in [6.07, 6.45) is 1.29. The Morgan fingerprint density at radius 2 is 1.90 bits per heavy atom. The highest BCUT2D eigenvalue weighted by molar-refractivity contribution is 9.10. The fourth-order valence-corrected chi connectivity index (χ4v) is 3.35. The van der Waals surface area contributed by atoms with Gasteiger partial charge in [0.1, 0.15) is 11.9 Å². The topological polar surface area (TPSA) is 12.5 Å². The maximum Gasteiger partial charge on any atom is 0.120 e. The summed E-state index contributed by atoms with van der Waals surface area (Å²) < 4.78 is 7.35. The molecule has 2 aromatic rings. The first-order valence-electron chi connectivity index (χ1n) is 7.38. The Balaban J connectivity index is 1.81. The first-order chi connectivity index (χ1) is 10.2. The van der Waals surface area contributed by atoms with Gasteiger partial charge in [-0.1, -0.05) is 52.3 Å². The summed E-state index contributed by atoms with van der Waals surface area (Å²) in [5, 5.41) is 0. The number of nitrogens with zero attached hydrogens (tertiary/aromatic N) is 1. The highest BCUT2D eigenvalue weighted by Gasteiger charge is 2.30. The van der Waals surface area contributed by atoms with E-state index in [2.05, 4.69) is 58.2 Å². The molecule has 2 aromatic carbocycles. The lowest BCUT2D eigenvalue weighted by Crippen LogP contribution is -2.42. The van der Waals surface area contributed by atoms with Crippen molar-refractivity contribution in [3.63, 3.8) is 0 Å². The monoisotopic (exact) mass is 345 g/mol. The van der Waals surface area contributed by atoms with Gasteiger partial charge in [-0.2, -0.15) is 0 Å². The zero-order valence-electron chi connectivity index (χ0n) is 12.2. The third-order valence-corrected chi connectivity index (χ3v) is 4.56. The number of benzene rings is 2. The molecule has 3 heteroatoms. The standard InChI is InChI=1S/C18H20BrNO/c1-20-11-10-18(21-16-9-5-8-15(19)12-16)17(13-20)14-6-3-2-4-7-14/h2-9,12,17-18H,10-11,13H2,1H3. The molecule has 110 valence electrons. The highest BCUT2D eigenvalue weighted by atomic mass is 79.9. The number of hydrogen-bond acceptors (Lipinski definition) is 2. The second-order valence-corrected chi connectivity index (χ2v) is 6.60. The number of likely N-dealkylation sites (N-methyl/N-ethyl adjacent to an activating group) is 1. The Morgan fingerprint density at radius 1 is 1.10 bits per heavy atom. The minimum Gasteiger partial charge on any atom is -0.490 e. The smallest absolute Gasteiger partial charge is 0.120 e. The predicted molar refractivity (Wildman–Crippen MR) is 89.9 cm³/mol. The first-order valence-corrected chi connectivity index (χ1v) is 8.17. The van der Waals surface area contributed by atoms with Crippen LogP contribution in [0.2, 0.25) is 0 Å². The van der Waals surface area contributed by atoms with Crippen molar-refractivity contribution in [3.05, 3.63) is 64.6 Å². The minimum atomic E-state index is 0.234. The number of piperidine rings is 1. The average molecular weight is 346 g/mol. The zero-order chi connectivity index (χ0) is 14.7. The third kappa shape index (κ3) is 3.66. The summed E-state index contributed by atoms with van der Waals surface area (Å²) >= 11 is 3.51. The van der Waals surface area contributed by atoms with Crippen LogP contribution in [-0.2, 0) is 0 Å². The lowest BCUT2D eigenvalue weighted by Gasteiger charge is -2.37. The van der Waals surface area contributed by atoms with Crippen LogP contribution in [0.3, 0.4) is 0 Å². The van der Waals surface area contributed by atoms with Gasteiger partial charge in [0.05, 0.1) is 0 Å². The maximum absolute atomic E-state index is 6.29. The molecule has 0 bridgehead atoms. The summed E-state index contributed by atoms with van der Waals surface area (Å²) in [6, 6.07) is 18.8. The molecule has 21 heavy (non-hydrogen) atoms. The van der Waals surface area contributed by atoms with Crippen molar-refractivity contribution in [3.8, 4) is 5.75 Å². The summed E-state index contributed by atoms with van der Waals surface area (Å²) in [5.41, 5.74) is 1.36. The molecule has 2 unspecified atom stereocenters. The molecule has 0 radical (unpaired) electrons. The van der Waals surface area contributed by atoms with Crippen molar-refractivity contribution < 1.29 is 4.74 Å². The lowest BCUT2D eigenvalue weighted by molar-refractivity contribution is 0.0901. The zero-order valence-corrected chi connectivity index (χ0v) is 13.8. The minimum absolute atomic E-state index is 0.234. The van der Waals surface area contributed by atoms with E-state index in [4.69, 9.17) is 4.74 Å². The van der Waals surface area contributed by atoms with Crippen LogP contribution in [0.5, 0.6) is 5.75 Å². The predicted octanol–water partition coefficient (Wildman–Crippen LogP) is 4.32. The fraction of sp³-hybridized carbons (Fsp3) is 0.333. The summed E-state index contributed by atoms with van der Waals surface area (Å²) in [5.74, 6) is 1.36. The average Bonchev–Trinajstić information content (AvgIpc) is 2.50. The number of hydrogen-bond donors (Lipinski definition) is 0. The number of halogens is 1. The van der Waals surface area contributed by atoms with Gasteiger partial charge in [-0.15, -0.1) is 0 Å². The number of rotatable bonds is 3. The lowest BCUT2D eigenvalue weighted by atomic mass is 9.88. The van der Waals surface area contributed by atoms with Gasteiger partial charge in [-0.25, -0.2) is 0 Å². The molecule has 0 amide bonds. The Bertz CT molecular complexity index is 587. The van der Waals surface area contributed by atoms with Crippen LogP contribution in [0.1, 0.15) is 17.9 Å². The molecule has 0 N–H and O–H groups in total. The van der Waals surface area contributed by atoms with Crippen LogP contribution in [0, 0.1) is 0 Å². The molecule has 0 saturated carbocycles. The normalized spacial score (nSPS) is 23.0. The van der Waals surface area contributed by atoms with Crippen molar-refractivity contribution in [2.45, 2.75) is 18.4 Å². The van der Waals surface area contributed by atoms with E-state index in [0.717, 1.165) is 29.7 Å². The Morgan fingerprint density at radius 3 is 2.67 bits per heavy atom. The van der Waals surface area contributed by atoms with E-state index in [-0.39, 0.29) is 6.10 Å². The largest absolute Gasteiger partial charge is 0.490 e.